The van der Waals surface area contributed by atoms with Gasteiger partial charge in [-0.05, 0) is 45.4 Å². The zero-order chi connectivity index (χ0) is 24.6. The van der Waals surface area contributed by atoms with Gasteiger partial charge in [0, 0.05) is 0 Å². The highest BCUT2D eigenvalue weighted by Crippen LogP contribution is 2.16. The largest absolute Gasteiger partial charge is 0.326 e. The summed E-state index contributed by atoms with van der Waals surface area (Å²) in [7, 11) is -1.10. The van der Waals surface area contributed by atoms with E-state index in [1.54, 1.807) is 0 Å². The molecule has 0 aliphatic rings. The van der Waals surface area contributed by atoms with E-state index in [9.17, 15) is 8.42 Å². The maximum Gasteiger partial charge on any atom is 0.264 e. The second kappa shape index (κ2) is 24.0. The maximum atomic E-state index is 9.56. The van der Waals surface area contributed by atoms with E-state index < -0.39 is 10.1 Å². The number of nitrogens with zero attached hydrogens (tertiary/aromatic N) is 1. The van der Waals surface area contributed by atoms with E-state index in [1.807, 2.05) is 0 Å². The summed E-state index contributed by atoms with van der Waals surface area (Å²) in [4.78, 5) is 0. The monoisotopic (exact) mass is 478 g/mol. The number of hydrogen-bond donors (Lipinski definition) is 1. The molecule has 0 bridgehead atoms. The Morgan fingerprint density at radius 1 is 0.500 bits per heavy atom. The Morgan fingerprint density at radius 3 is 0.938 bits per heavy atom. The first-order valence-electron chi connectivity index (χ1n) is 14.0. The fourth-order valence-electron chi connectivity index (χ4n) is 4.16. The van der Waals surface area contributed by atoms with Crippen molar-refractivity contribution in [1.82, 2.24) is 0 Å². The normalized spacial score (nSPS) is 11.9. The van der Waals surface area contributed by atoms with Gasteiger partial charge in [-0.3, -0.25) is 4.55 Å². The van der Waals surface area contributed by atoms with Crippen molar-refractivity contribution in [3.8, 4) is 0 Å². The molecule has 0 spiro atoms. The molecule has 0 rings (SSSR count). The van der Waals surface area contributed by atoms with E-state index >= 15 is 0 Å². The minimum atomic E-state index is -3.66. The third kappa shape index (κ3) is 27.9. The van der Waals surface area contributed by atoms with Crippen LogP contribution in [-0.4, -0.2) is 49.9 Å². The summed E-state index contributed by atoms with van der Waals surface area (Å²) in [6.07, 6.45) is 25.9. The summed E-state index contributed by atoms with van der Waals surface area (Å²) in [5, 5.41) is 0. The molecule has 5 heteroatoms. The Hall–Kier alpha value is -0.130. The number of unbranched alkanes of at least 4 members (excludes halogenated alkanes) is 15. The average molecular weight is 479 g/mol. The summed E-state index contributed by atoms with van der Waals surface area (Å²) in [6.45, 7) is 12.6. The van der Waals surface area contributed by atoms with Crippen LogP contribution >= 0.6 is 0 Å². The van der Waals surface area contributed by atoms with Gasteiger partial charge in [0.15, 0.2) is 0 Å². The molecule has 1 N–H and O–H groups in total. The molecule has 0 aromatic heterocycles. The predicted octanol–water partition coefficient (Wildman–Crippen LogP) is 8.41. The van der Waals surface area contributed by atoms with Gasteiger partial charge >= 0.3 is 0 Å². The van der Waals surface area contributed by atoms with Crippen LogP contribution in [0, 0.1) is 0 Å². The maximum absolute atomic E-state index is 9.56. The van der Waals surface area contributed by atoms with Crippen LogP contribution in [0.2, 0.25) is 0 Å². The zero-order valence-electron chi connectivity index (χ0n) is 22.7. The van der Waals surface area contributed by atoms with Crippen LogP contribution in [0.1, 0.15) is 143 Å². The van der Waals surface area contributed by atoms with Gasteiger partial charge in [-0.25, -0.2) is 0 Å². The van der Waals surface area contributed by atoms with Gasteiger partial charge in [-0.1, -0.05) is 97.8 Å². The van der Waals surface area contributed by atoms with Gasteiger partial charge in [0.2, 0.25) is 0 Å². The topological polar surface area (TPSA) is 54.4 Å². The van der Waals surface area contributed by atoms with E-state index in [0.717, 1.165) is 0 Å². The second-order valence-electron chi connectivity index (χ2n) is 9.96. The molecule has 0 aromatic carbocycles. The molecule has 0 aliphatic carbocycles. The highest BCUT2D eigenvalue weighted by Gasteiger charge is 2.20. The van der Waals surface area contributed by atoms with Gasteiger partial charge in [0.05, 0.1) is 32.4 Å². The molecule has 0 fully saturated rings. The summed E-state index contributed by atoms with van der Waals surface area (Å²) >= 11 is 0. The smallest absolute Gasteiger partial charge is 0.264 e. The molecule has 0 atom stereocenters. The van der Waals surface area contributed by atoms with Crippen LogP contribution in [0.15, 0.2) is 0 Å². The highest BCUT2D eigenvalue weighted by atomic mass is 32.2. The first-order valence-corrected chi connectivity index (χ1v) is 15.6. The molecule has 0 saturated carbocycles. The molecule has 32 heavy (non-hydrogen) atoms. The first kappa shape index (κ1) is 34.0. The molecular formula is C27H60NO3S+. The molecule has 0 aliphatic heterocycles. The number of rotatable bonds is 22. The summed E-state index contributed by atoms with van der Waals surface area (Å²) < 4.78 is 28.3. The van der Waals surface area contributed by atoms with Gasteiger partial charge in [-0.15, -0.1) is 0 Å². The van der Waals surface area contributed by atoms with E-state index in [2.05, 4.69) is 27.8 Å². The van der Waals surface area contributed by atoms with E-state index in [0.29, 0.717) is 0 Å². The third-order valence-electron chi connectivity index (χ3n) is 6.52. The molecular weight excluding hydrogens is 418 g/mol. The summed E-state index contributed by atoms with van der Waals surface area (Å²) in [5.41, 5.74) is 0. The van der Waals surface area contributed by atoms with Crippen molar-refractivity contribution in [1.29, 1.82) is 0 Å². The Morgan fingerprint density at radius 2 is 0.719 bits per heavy atom. The first-order chi connectivity index (χ1) is 15.2. The van der Waals surface area contributed by atoms with E-state index in [1.165, 1.54) is 147 Å². The van der Waals surface area contributed by atoms with Crippen LogP contribution < -0.4 is 0 Å². The van der Waals surface area contributed by atoms with Crippen LogP contribution in [0.5, 0.6) is 0 Å². The Balaban J connectivity index is 0. The van der Waals surface area contributed by atoms with Crippen molar-refractivity contribution in [2.75, 3.05) is 32.4 Å². The van der Waals surface area contributed by atoms with Crippen LogP contribution in [0.25, 0.3) is 0 Å². The number of hydrogen-bond acceptors (Lipinski definition) is 2. The fraction of sp³-hybridized carbons (Fsp3) is 1.00. The standard InChI is InChI=1S/C25H54N.C2H6O3S/c1-5-8-11-14-17-20-23-26(4,24-21-18-15-12-9-6-2)25-22-19-16-13-10-7-3;1-2-6(3,4)5/h5-25H2,1-4H3;2H2,1H3,(H,3,4,5)/q+1;. The molecule has 0 radical (unpaired) electrons. The van der Waals surface area contributed by atoms with Crippen molar-refractivity contribution >= 4 is 10.1 Å². The van der Waals surface area contributed by atoms with Crippen molar-refractivity contribution in [3.63, 3.8) is 0 Å². The Bertz CT molecular complexity index is 425. The predicted molar refractivity (Wildman–Crippen MR) is 143 cm³/mol. The lowest BCUT2D eigenvalue weighted by atomic mass is 10.1. The quantitative estimate of drug-likeness (QED) is 0.0965. The van der Waals surface area contributed by atoms with Gasteiger partial charge in [-0.2, -0.15) is 8.42 Å². The van der Waals surface area contributed by atoms with E-state index in [4.69, 9.17) is 4.55 Å². The van der Waals surface area contributed by atoms with Crippen molar-refractivity contribution in [2.24, 2.45) is 0 Å². The number of quaternary nitrogens is 1. The summed E-state index contributed by atoms with van der Waals surface area (Å²) in [6, 6.07) is 0. The van der Waals surface area contributed by atoms with Crippen molar-refractivity contribution in [2.45, 2.75) is 143 Å². The molecule has 0 saturated heterocycles. The van der Waals surface area contributed by atoms with E-state index in [-0.39, 0.29) is 5.75 Å². The Labute approximate surface area is 203 Å². The lowest BCUT2D eigenvalue weighted by molar-refractivity contribution is -0.910. The Kier molecular flexibility index (Phi) is 25.5. The van der Waals surface area contributed by atoms with Gasteiger partial charge in [0.25, 0.3) is 10.1 Å². The van der Waals surface area contributed by atoms with Crippen molar-refractivity contribution in [3.05, 3.63) is 0 Å². The molecule has 0 amide bonds. The highest BCUT2D eigenvalue weighted by molar-refractivity contribution is 7.85. The molecule has 4 nitrogen and oxygen atoms in total. The van der Waals surface area contributed by atoms with Crippen LogP contribution in [0.3, 0.4) is 0 Å². The van der Waals surface area contributed by atoms with Crippen molar-refractivity contribution < 1.29 is 17.5 Å². The molecule has 0 heterocycles. The molecule has 0 unspecified atom stereocenters. The van der Waals surface area contributed by atoms with Crippen LogP contribution in [0.4, 0.5) is 0 Å². The SMILES string of the molecule is CCCCCCCC[N+](C)(CCCCCCCC)CCCCCCCC.CCS(=O)(=O)O. The second-order valence-corrected chi connectivity index (χ2v) is 11.7. The molecule has 196 valence electrons. The molecule has 0 aromatic rings. The summed E-state index contributed by atoms with van der Waals surface area (Å²) in [5.74, 6) is -0.201. The minimum absolute atomic E-state index is 0.201. The van der Waals surface area contributed by atoms with Gasteiger partial charge in [0.1, 0.15) is 0 Å². The lowest BCUT2D eigenvalue weighted by Crippen LogP contribution is -2.46. The lowest BCUT2D eigenvalue weighted by Gasteiger charge is -2.35. The third-order valence-corrected chi connectivity index (χ3v) is 7.25. The zero-order valence-corrected chi connectivity index (χ0v) is 23.5. The fourth-order valence-corrected chi connectivity index (χ4v) is 4.16. The van der Waals surface area contributed by atoms with Crippen LogP contribution in [-0.2, 0) is 10.1 Å². The average Bonchev–Trinajstić information content (AvgIpc) is 2.75. The van der Waals surface area contributed by atoms with Gasteiger partial charge < -0.3 is 4.48 Å². The minimum Gasteiger partial charge on any atom is -0.326 e.